The summed E-state index contributed by atoms with van der Waals surface area (Å²) in [5, 5.41) is 4.29. The van der Waals surface area contributed by atoms with Gasteiger partial charge in [0.15, 0.2) is 0 Å². The van der Waals surface area contributed by atoms with Gasteiger partial charge in [0.25, 0.3) is 5.78 Å². The monoisotopic (exact) mass is 303 g/mol. The molecule has 0 N–H and O–H groups in total. The zero-order chi connectivity index (χ0) is 15.5. The van der Waals surface area contributed by atoms with Gasteiger partial charge in [-0.25, -0.2) is 4.98 Å². The molecule has 0 bridgehead atoms. The number of carbonyl (C=O) groups excluding carboxylic acids is 1. The Morgan fingerprint density at radius 3 is 3.09 bits per heavy atom. The summed E-state index contributed by atoms with van der Waals surface area (Å²) in [7, 11) is 1.44. The van der Waals surface area contributed by atoms with Crippen molar-refractivity contribution in [3.05, 3.63) is 18.1 Å². The molecule has 1 atom stereocenters. The van der Waals surface area contributed by atoms with Crippen molar-refractivity contribution in [3.63, 3.8) is 0 Å². The highest BCUT2D eigenvalue weighted by molar-refractivity contribution is 5.70. The summed E-state index contributed by atoms with van der Waals surface area (Å²) in [5.74, 6) is 1.40. The third-order valence-electron chi connectivity index (χ3n) is 4.20. The van der Waals surface area contributed by atoms with E-state index in [9.17, 15) is 4.79 Å². The minimum atomic E-state index is -0.170. The Hall–Kier alpha value is -2.18. The average molecular weight is 303 g/mol. The molecule has 0 spiro atoms. The highest BCUT2D eigenvalue weighted by Gasteiger charge is 2.27. The highest BCUT2D eigenvalue weighted by atomic mass is 16.5. The van der Waals surface area contributed by atoms with Crippen LogP contribution in [0.25, 0.3) is 5.78 Å². The first-order chi connectivity index (χ1) is 10.7. The van der Waals surface area contributed by atoms with Crippen LogP contribution in [-0.4, -0.2) is 45.2 Å². The van der Waals surface area contributed by atoms with Gasteiger partial charge in [0.1, 0.15) is 12.1 Å². The molecular weight excluding hydrogens is 282 g/mol. The molecule has 7 heteroatoms. The van der Waals surface area contributed by atoms with Crippen LogP contribution in [0.1, 0.15) is 38.3 Å². The molecule has 0 saturated carbocycles. The van der Waals surface area contributed by atoms with E-state index >= 15 is 0 Å². The Morgan fingerprint density at radius 1 is 1.45 bits per heavy atom. The Labute approximate surface area is 129 Å². The first-order valence-corrected chi connectivity index (χ1v) is 7.76. The van der Waals surface area contributed by atoms with Gasteiger partial charge < -0.3 is 9.64 Å². The lowest BCUT2D eigenvalue weighted by Gasteiger charge is -2.36. The summed E-state index contributed by atoms with van der Waals surface area (Å²) in [6.45, 7) is 2.98. The quantitative estimate of drug-likeness (QED) is 0.799. The van der Waals surface area contributed by atoms with Crippen LogP contribution < -0.4 is 4.90 Å². The van der Waals surface area contributed by atoms with E-state index in [0.29, 0.717) is 12.2 Å². The molecule has 1 unspecified atom stereocenters. The molecule has 2 aromatic rings. The second kappa shape index (κ2) is 6.29. The zero-order valence-corrected chi connectivity index (χ0v) is 13.0. The number of fused-ring (bicyclic) bond motifs is 1. The van der Waals surface area contributed by atoms with Crippen molar-refractivity contribution >= 4 is 17.6 Å². The molecule has 2 aromatic heterocycles. The van der Waals surface area contributed by atoms with Crippen LogP contribution in [0.3, 0.4) is 0 Å². The van der Waals surface area contributed by atoms with Crippen LogP contribution in [-0.2, 0) is 16.0 Å². The molecule has 3 rings (SSSR count). The van der Waals surface area contributed by atoms with Gasteiger partial charge in [-0.15, -0.1) is 0 Å². The van der Waals surface area contributed by atoms with E-state index in [0.717, 1.165) is 43.7 Å². The van der Waals surface area contributed by atoms with Crippen molar-refractivity contribution in [1.82, 2.24) is 19.6 Å². The Morgan fingerprint density at radius 2 is 2.32 bits per heavy atom. The van der Waals surface area contributed by atoms with Gasteiger partial charge in [-0.05, 0) is 25.7 Å². The SMILES string of the molecule is CCc1cc(N2CCCCC2CC(=O)OC)n2ncnc2n1. The Balaban J connectivity index is 1.99. The zero-order valence-electron chi connectivity index (χ0n) is 13.0. The van der Waals surface area contributed by atoms with Gasteiger partial charge >= 0.3 is 5.97 Å². The van der Waals surface area contributed by atoms with Gasteiger partial charge in [-0.3, -0.25) is 4.79 Å². The normalized spacial score (nSPS) is 18.6. The number of nitrogens with zero attached hydrogens (tertiary/aromatic N) is 5. The predicted molar refractivity (Wildman–Crippen MR) is 81.8 cm³/mol. The third-order valence-corrected chi connectivity index (χ3v) is 4.20. The predicted octanol–water partition coefficient (Wildman–Crippen LogP) is 1.61. The molecule has 1 saturated heterocycles. The second-order valence-electron chi connectivity index (χ2n) is 5.55. The molecule has 7 nitrogen and oxygen atoms in total. The topological polar surface area (TPSA) is 72.6 Å². The maximum atomic E-state index is 11.7. The van der Waals surface area contributed by atoms with Crippen LogP contribution in [0.5, 0.6) is 0 Å². The van der Waals surface area contributed by atoms with E-state index in [1.807, 2.05) is 0 Å². The Kier molecular flexibility index (Phi) is 4.22. The van der Waals surface area contributed by atoms with Crippen LogP contribution in [0.2, 0.25) is 0 Å². The lowest BCUT2D eigenvalue weighted by molar-refractivity contribution is -0.141. The molecular formula is C15H21N5O2. The van der Waals surface area contributed by atoms with Crippen LogP contribution in [0, 0.1) is 0 Å². The van der Waals surface area contributed by atoms with Crippen molar-refractivity contribution in [1.29, 1.82) is 0 Å². The number of rotatable bonds is 4. The highest BCUT2D eigenvalue weighted by Crippen LogP contribution is 2.27. The molecule has 118 valence electrons. The maximum absolute atomic E-state index is 11.7. The Bertz CT molecular complexity index is 669. The summed E-state index contributed by atoms with van der Waals surface area (Å²) in [5.41, 5.74) is 0.984. The molecule has 0 aromatic carbocycles. The summed E-state index contributed by atoms with van der Waals surface area (Å²) in [6.07, 6.45) is 5.98. The fourth-order valence-corrected chi connectivity index (χ4v) is 3.02. The van der Waals surface area contributed by atoms with Crippen molar-refractivity contribution < 1.29 is 9.53 Å². The van der Waals surface area contributed by atoms with E-state index in [1.165, 1.54) is 13.4 Å². The second-order valence-corrected chi connectivity index (χ2v) is 5.55. The number of anilines is 1. The fourth-order valence-electron chi connectivity index (χ4n) is 3.02. The third kappa shape index (κ3) is 2.75. The van der Waals surface area contributed by atoms with Gasteiger partial charge in [-0.1, -0.05) is 6.92 Å². The molecule has 1 fully saturated rings. The summed E-state index contributed by atoms with van der Waals surface area (Å²) >= 11 is 0. The number of carbonyl (C=O) groups is 1. The van der Waals surface area contributed by atoms with Gasteiger partial charge in [0.2, 0.25) is 0 Å². The van der Waals surface area contributed by atoms with E-state index in [1.54, 1.807) is 4.52 Å². The lowest BCUT2D eigenvalue weighted by Crippen LogP contribution is -2.42. The van der Waals surface area contributed by atoms with Crippen molar-refractivity contribution in [2.24, 2.45) is 0 Å². The number of methoxy groups -OCH3 is 1. The molecule has 0 amide bonds. The average Bonchev–Trinajstić information content (AvgIpc) is 3.02. The number of esters is 1. The van der Waals surface area contributed by atoms with E-state index < -0.39 is 0 Å². The molecule has 3 heterocycles. The number of piperidine rings is 1. The summed E-state index contributed by atoms with van der Waals surface area (Å²) in [6, 6.07) is 2.19. The molecule has 0 aliphatic carbocycles. The van der Waals surface area contributed by atoms with E-state index in [2.05, 4.69) is 33.0 Å². The first kappa shape index (κ1) is 14.7. The maximum Gasteiger partial charge on any atom is 0.307 e. The lowest BCUT2D eigenvalue weighted by atomic mass is 9.99. The summed E-state index contributed by atoms with van der Waals surface area (Å²) < 4.78 is 6.60. The van der Waals surface area contributed by atoms with E-state index in [-0.39, 0.29) is 12.0 Å². The largest absolute Gasteiger partial charge is 0.469 e. The fraction of sp³-hybridized carbons (Fsp3) is 0.600. The first-order valence-electron chi connectivity index (χ1n) is 7.76. The minimum absolute atomic E-state index is 0.140. The minimum Gasteiger partial charge on any atom is -0.469 e. The van der Waals surface area contributed by atoms with Crippen LogP contribution in [0.15, 0.2) is 12.4 Å². The van der Waals surface area contributed by atoms with Crippen molar-refractivity contribution in [2.45, 2.75) is 45.1 Å². The van der Waals surface area contributed by atoms with Crippen LogP contribution >= 0.6 is 0 Å². The number of hydrogen-bond donors (Lipinski definition) is 0. The van der Waals surface area contributed by atoms with Gasteiger partial charge in [0, 0.05) is 24.3 Å². The molecule has 0 radical (unpaired) electrons. The van der Waals surface area contributed by atoms with E-state index in [4.69, 9.17) is 4.74 Å². The van der Waals surface area contributed by atoms with Gasteiger partial charge in [-0.2, -0.15) is 14.6 Å². The van der Waals surface area contributed by atoms with Crippen molar-refractivity contribution in [3.8, 4) is 0 Å². The summed E-state index contributed by atoms with van der Waals surface area (Å²) in [4.78, 5) is 22.6. The standard InChI is InChI=1S/C15H21N5O2/c1-3-11-8-13(20-15(18-11)16-10-17-20)19-7-5-4-6-12(19)9-14(21)22-2/h8,10,12H,3-7,9H2,1-2H3. The van der Waals surface area contributed by atoms with Crippen molar-refractivity contribution in [2.75, 3.05) is 18.6 Å². The van der Waals surface area contributed by atoms with Crippen LogP contribution in [0.4, 0.5) is 5.82 Å². The number of hydrogen-bond acceptors (Lipinski definition) is 6. The molecule has 22 heavy (non-hydrogen) atoms. The smallest absolute Gasteiger partial charge is 0.307 e. The molecule has 1 aliphatic rings. The number of aryl methyl sites for hydroxylation is 1. The number of ether oxygens (including phenoxy) is 1. The van der Waals surface area contributed by atoms with Gasteiger partial charge in [0.05, 0.1) is 13.5 Å². The number of aromatic nitrogens is 4. The molecule has 1 aliphatic heterocycles.